The molecule has 13 heteroatoms. The number of aliphatic hydroxyl groups excluding tert-OH is 8. The van der Waals surface area contributed by atoms with E-state index in [1.807, 2.05) is 0 Å². The molecule has 31 heavy (non-hydrogen) atoms. The number of aldehydes is 1. The molecule has 0 aromatic heterocycles. The van der Waals surface area contributed by atoms with Crippen LogP contribution in [0.2, 0.25) is 0 Å². The van der Waals surface area contributed by atoms with Gasteiger partial charge in [0.25, 0.3) is 0 Å². The van der Waals surface area contributed by atoms with Crippen molar-refractivity contribution >= 4 is 6.29 Å². The van der Waals surface area contributed by atoms with Crippen LogP contribution >= 0.6 is 0 Å². The first-order chi connectivity index (χ1) is 14.4. The van der Waals surface area contributed by atoms with Gasteiger partial charge in [-0.15, -0.1) is 0 Å². The van der Waals surface area contributed by atoms with Gasteiger partial charge in [0, 0.05) is 0 Å². The van der Waals surface area contributed by atoms with Crippen LogP contribution in [0.1, 0.15) is 20.8 Å². The summed E-state index contributed by atoms with van der Waals surface area (Å²) in [7, 11) is 0. The van der Waals surface area contributed by atoms with Crippen LogP contribution in [0.3, 0.4) is 0 Å². The number of hydrogen-bond acceptors (Lipinski definition) is 13. The van der Waals surface area contributed by atoms with Gasteiger partial charge in [-0.3, -0.25) is 0 Å². The first kappa shape index (κ1) is 26.4. The normalized spacial score (nSPS) is 45.5. The van der Waals surface area contributed by atoms with E-state index in [9.17, 15) is 45.6 Å². The van der Waals surface area contributed by atoms with Crippen molar-refractivity contribution < 1.29 is 64.6 Å². The van der Waals surface area contributed by atoms with Crippen molar-refractivity contribution in [2.24, 2.45) is 0 Å². The average Bonchev–Trinajstić information content (AvgIpc) is 2.73. The van der Waals surface area contributed by atoms with Gasteiger partial charge in [0.2, 0.25) is 0 Å². The van der Waals surface area contributed by atoms with E-state index in [4.69, 9.17) is 18.9 Å². The molecule has 2 aliphatic heterocycles. The molecule has 0 aromatic carbocycles. The SMILES string of the molecule is CC(O)C(OC1O[C@@H](C)[C@H](O[C@H]2O[C@@H](C)[C@H](O)[C@@H](O)[C@H]2O)[C@@H](O)[C@H]1O)C(O)C(O)C=O. The number of rotatable bonds is 8. The Morgan fingerprint density at radius 1 is 0.806 bits per heavy atom. The van der Waals surface area contributed by atoms with Crippen molar-refractivity contribution in [3.63, 3.8) is 0 Å². The molecule has 0 radical (unpaired) electrons. The van der Waals surface area contributed by atoms with Gasteiger partial charge in [-0.1, -0.05) is 0 Å². The monoisotopic (exact) mass is 456 g/mol. The Kier molecular flexibility index (Phi) is 9.27. The van der Waals surface area contributed by atoms with Crippen molar-refractivity contribution in [2.75, 3.05) is 0 Å². The fraction of sp³-hybridized carbons (Fsp3) is 0.944. The molecular weight excluding hydrogens is 424 g/mol. The van der Waals surface area contributed by atoms with E-state index >= 15 is 0 Å². The first-order valence-corrected chi connectivity index (χ1v) is 9.92. The first-order valence-electron chi connectivity index (χ1n) is 9.92. The van der Waals surface area contributed by atoms with E-state index in [1.165, 1.54) is 20.8 Å². The zero-order valence-electron chi connectivity index (χ0n) is 17.3. The van der Waals surface area contributed by atoms with Gasteiger partial charge in [0.1, 0.15) is 54.9 Å². The van der Waals surface area contributed by atoms with E-state index < -0.39 is 85.8 Å². The van der Waals surface area contributed by atoms with Gasteiger partial charge in [-0.2, -0.15) is 0 Å². The van der Waals surface area contributed by atoms with Crippen molar-refractivity contribution in [1.29, 1.82) is 0 Å². The summed E-state index contributed by atoms with van der Waals surface area (Å²) in [5.74, 6) is 0. The summed E-state index contributed by atoms with van der Waals surface area (Å²) in [5.41, 5.74) is 0. The average molecular weight is 456 g/mol. The lowest BCUT2D eigenvalue weighted by atomic mass is 9.97. The molecule has 0 aromatic rings. The van der Waals surface area contributed by atoms with Gasteiger partial charge >= 0.3 is 0 Å². The predicted octanol–water partition coefficient (Wildman–Crippen LogP) is -4.65. The number of hydrogen-bond donors (Lipinski definition) is 8. The third kappa shape index (κ3) is 5.76. The second-order valence-corrected chi connectivity index (χ2v) is 7.93. The molecule has 0 bridgehead atoms. The topological polar surface area (TPSA) is 216 Å². The number of ether oxygens (including phenoxy) is 4. The van der Waals surface area contributed by atoms with Crippen molar-refractivity contribution in [3.8, 4) is 0 Å². The van der Waals surface area contributed by atoms with Crippen LogP contribution in [0, 0.1) is 0 Å². The second-order valence-electron chi connectivity index (χ2n) is 7.93. The molecule has 0 spiro atoms. The molecule has 0 saturated carbocycles. The van der Waals surface area contributed by atoms with Crippen LogP contribution < -0.4 is 0 Å². The summed E-state index contributed by atoms with van der Waals surface area (Å²) in [4.78, 5) is 10.7. The fourth-order valence-electron chi connectivity index (χ4n) is 3.50. The summed E-state index contributed by atoms with van der Waals surface area (Å²) < 4.78 is 21.7. The summed E-state index contributed by atoms with van der Waals surface area (Å²) in [6.45, 7) is 4.10. The van der Waals surface area contributed by atoms with Crippen LogP contribution in [-0.4, -0.2) is 133 Å². The fourth-order valence-corrected chi connectivity index (χ4v) is 3.50. The van der Waals surface area contributed by atoms with Gasteiger partial charge in [-0.05, 0) is 20.8 Å². The molecule has 2 aliphatic rings. The van der Waals surface area contributed by atoms with Crippen LogP contribution in [0.15, 0.2) is 0 Å². The number of aliphatic hydroxyl groups is 8. The molecule has 8 N–H and O–H groups in total. The van der Waals surface area contributed by atoms with Crippen molar-refractivity contribution in [1.82, 2.24) is 0 Å². The summed E-state index contributed by atoms with van der Waals surface area (Å²) in [6, 6.07) is 0. The maximum Gasteiger partial charge on any atom is 0.187 e. The Balaban J connectivity index is 2.08. The second kappa shape index (κ2) is 10.9. The molecule has 0 amide bonds. The van der Waals surface area contributed by atoms with Gasteiger partial charge < -0.3 is 64.6 Å². The van der Waals surface area contributed by atoms with Crippen LogP contribution in [0.4, 0.5) is 0 Å². The molecular formula is C18H32O13. The minimum absolute atomic E-state index is 0.0464. The molecule has 2 fully saturated rings. The minimum Gasteiger partial charge on any atom is -0.391 e. The molecule has 182 valence electrons. The molecule has 0 aliphatic carbocycles. The number of carbonyl (C=O) groups excluding carboxylic acids is 1. The van der Waals surface area contributed by atoms with Gasteiger partial charge in [-0.25, -0.2) is 0 Å². The highest BCUT2D eigenvalue weighted by Crippen LogP contribution is 2.30. The summed E-state index contributed by atoms with van der Waals surface area (Å²) in [6.07, 6.45) is -20.7. The molecule has 2 rings (SSSR count). The van der Waals surface area contributed by atoms with Crippen molar-refractivity contribution in [2.45, 2.75) is 107 Å². The Morgan fingerprint density at radius 2 is 1.35 bits per heavy atom. The Hall–Kier alpha value is -0.810. The molecule has 14 atom stereocenters. The Bertz CT molecular complexity index is 577. The highest BCUT2D eigenvalue weighted by Gasteiger charge is 2.50. The lowest BCUT2D eigenvalue weighted by Gasteiger charge is -2.46. The lowest BCUT2D eigenvalue weighted by molar-refractivity contribution is -0.360. The smallest absolute Gasteiger partial charge is 0.187 e. The maximum atomic E-state index is 10.7. The highest BCUT2D eigenvalue weighted by molar-refractivity contribution is 5.56. The number of carbonyl (C=O) groups is 1. The molecule has 2 heterocycles. The predicted molar refractivity (Wildman–Crippen MR) is 98.2 cm³/mol. The van der Waals surface area contributed by atoms with Gasteiger partial charge in [0.15, 0.2) is 18.9 Å². The zero-order chi connectivity index (χ0) is 23.6. The van der Waals surface area contributed by atoms with Crippen LogP contribution in [0.5, 0.6) is 0 Å². The lowest BCUT2D eigenvalue weighted by Crippen LogP contribution is -2.63. The van der Waals surface area contributed by atoms with E-state index in [2.05, 4.69) is 0 Å². The Labute approximate surface area is 178 Å². The minimum atomic E-state index is -1.87. The summed E-state index contributed by atoms with van der Waals surface area (Å²) in [5, 5.41) is 80.0. The molecule has 5 unspecified atom stereocenters. The Morgan fingerprint density at radius 3 is 1.90 bits per heavy atom. The zero-order valence-corrected chi connectivity index (χ0v) is 17.3. The summed E-state index contributed by atoms with van der Waals surface area (Å²) >= 11 is 0. The third-order valence-electron chi connectivity index (χ3n) is 5.47. The van der Waals surface area contributed by atoms with Crippen LogP contribution in [-0.2, 0) is 23.7 Å². The van der Waals surface area contributed by atoms with Gasteiger partial charge in [0.05, 0.1) is 18.3 Å². The van der Waals surface area contributed by atoms with E-state index in [-0.39, 0.29) is 6.29 Å². The van der Waals surface area contributed by atoms with Crippen LogP contribution in [0.25, 0.3) is 0 Å². The third-order valence-corrected chi connectivity index (χ3v) is 5.47. The molecule has 13 nitrogen and oxygen atoms in total. The quantitative estimate of drug-likeness (QED) is 0.161. The standard InChI is InChI=1S/C18H32O13/c1-5(20)15(10(23)8(21)4-19)30-18-14(27)12(25)16(7(3)29-18)31-17-13(26)11(24)9(22)6(2)28-17/h4-18,20-27H,1-3H3/t5?,6-,7-,8?,9-,10?,11+,12-,13+,14+,15?,16-,17+,18?/m0/s1. The maximum absolute atomic E-state index is 10.7. The highest BCUT2D eigenvalue weighted by atomic mass is 16.7. The van der Waals surface area contributed by atoms with Crippen molar-refractivity contribution in [3.05, 3.63) is 0 Å². The van der Waals surface area contributed by atoms with E-state index in [0.29, 0.717) is 0 Å². The largest absolute Gasteiger partial charge is 0.391 e. The van der Waals surface area contributed by atoms with E-state index in [1.54, 1.807) is 0 Å². The van der Waals surface area contributed by atoms with E-state index in [0.717, 1.165) is 0 Å². The molecule has 2 saturated heterocycles.